The second-order valence-electron chi connectivity index (χ2n) is 1.69. The van der Waals surface area contributed by atoms with Gasteiger partial charge in [-0.2, -0.15) is 0 Å². The monoisotopic (exact) mass is 156 g/mol. The lowest BCUT2D eigenvalue weighted by atomic mass is 10.5. The van der Waals surface area contributed by atoms with Crippen LogP contribution in [0.5, 0.6) is 0 Å². The van der Waals surface area contributed by atoms with Gasteiger partial charge in [0.1, 0.15) is 0 Å². The number of carbonyl (C=O) groups excluding carboxylic acids is 1. The molecule has 4 nitrogen and oxygen atoms in total. The first kappa shape index (κ1) is 9.68. The van der Waals surface area contributed by atoms with Crippen molar-refractivity contribution in [3.05, 3.63) is 18.7 Å². The van der Waals surface area contributed by atoms with Crippen LogP contribution < -0.4 is 0 Å². The van der Waals surface area contributed by atoms with E-state index in [1.807, 2.05) is 0 Å². The van der Waals surface area contributed by atoms with Crippen LogP contribution in [0.2, 0.25) is 0 Å². The Balaban J connectivity index is 0.000000183. The molecule has 0 bridgehead atoms. The normalized spacial score (nSPS) is 7.82. The van der Waals surface area contributed by atoms with E-state index in [0.717, 1.165) is 0 Å². The summed E-state index contributed by atoms with van der Waals surface area (Å²) in [4.78, 5) is 16.4. The molecule has 1 aromatic rings. The van der Waals surface area contributed by atoms with Crippen molar-refractivity contribution >= 4 is 5.97 Å². The number of hydrogen-bond donors (Lipinski definition) is 1. The number of hydrogen-bond acceptors (Lipinski definition) is 3. The van der Waals surface area contributed by atoms with E-state index < -0.39 is 0 Å². The average Bonchev–Trinajstić information content (AvgIpc) is 2.60. The minimum absolute atomic E-state index is 0.157. The van der Waals surface area contributed by atoms with Crippen LogP contribution in [0.3, 0.4) is 0 Å². The predicted octanol–water partition coefficient (Wildman–Crippen LogP) is 0.979. The Hall–Kier alpha value is -1.32. The van der Waals surface area contributed by atoms with E-state index in [4.69, 9.17) is 0 Å². The zero-order valence-corrected chi connectivity index (χ0v) is 6.70. The van der Waals surface area contributed by atoms with Gasteiger partial charge in [-0.15, -0.1) is 0 Å². The quantitative estimate of drug-likeness (QED) is 0.616. The highest BCUT2D eigenvalue weighted by atomic mass is 16.5. The summed E-state index contributed by atoms with van der Waals surface area (Å²) in [6.45, 7) is 1.76. The number of aromatic nitrogens is 2. The lowest BCUT2D eigenvalue weighted by Gasteiger charge is -1.87. The maximum atomic E-state index is 9.96. The molecular weight excluding hydrogens is 144 g/mol. The summed E-state index contributed by atoms with van der Waals surface area (Å²) in [5.74, 6) is -0.157. The predicted molar refractivity (Wildman–Crippen MR) is 40.9 cm³/mol. The van der Waals surface area contributed by atoms with E-state index >= 15 is 0 Å². The molecule has 0 saturated heterocycles. The number of H-pyrrole nitrogens is 1. The maximum Gasteiger partial charge on any atom is 0.305 e. The van der Waals surface area contributed by atoms with E-state index in [0.29, 0.717) is 6.42 Å². The van der Waals surface area contributed by atoms with E-state index in [1.54, 1.807) is 25.6 Å². The third-order valence-corrected chi connectivity index (χ3v) is 0.922. The van der Waals surface area contributed by atoms with Crippen molar-refractivity contribution in [1.29, 1.82) is 0 Å². The van der Waals surface area contributed by atoms with Crippen LogP contribution in [0.4, 0.5) is 0 Å². The molecule has 0 aliphatic rings. The first-order valence-corrected chi connectivity index (χ1v) is 3.30. The van der Waals surface area contributed by atoms with Gasteiger partial charge >= 0.3 is 5.97 Å². The number of nitrogens with zero attached hydrogens (tertiary/aromatic N) is 1. The smallest absolute Gasteiger partial charge is 0.305 e. The number of imidazole rings is 1. The molecule has 0 radical (unpaired) electrons. The van der Waals surface area contributed by atoms with Crippen LogP contribution >= 0.6 is 0 Å². The van der Waals surface area contributed by atoms with Crippen molar-refractivity contribution in [3.8, 4) is 0 Å². The number of aromatic amines is 1. The molecule has 1 N–H and O–H groups in total. The number of methoxy groups -OCH3 is 1. The molecule has 11 heavy (non-hydrogen) atoms. The fourth-order valence-corrected chi connectivity index (χ4v) is 0.360. The SMILES string of the molecule is CCC(=O)OC.c1c[nH]cn1. The van der Waals surface area contributed by atoms with E-state index in [2.05, 4.69) is 14.7 Å². The van der Waals surface area contributed by atoms with Crippen molar-refractivity contribution < 1.29 is 9.53 Å². The molecule has 0 saturated carbocycles. The first-order valence-electron chi connectivity index (χ1n) is 3.30. The van der Waals surface area contributed by atoms with Gasteiger partial charge in [-0.1, -0.05) is 6.92 Å². The summed E-state index contributed by atoms with van der Waals surface area (Å²) >= 11 is 0. The summed E-state index contributed by atoms with van der Waals surface area (Å²) in [6, 6.07) is 0. The van der Waals surface area contributed by atoms with Gasteiger partial charge in [0.05, 0.1) is 13.4 Å². The van der Waals surface area contributed by atoms with Gasteiger partial charge in [0.15, 0.2) is 0 Å². The number of ether oxygens (including phenoxy) is 1. The number of carbonyl (C=O) groups is 1. The van der Waals surface area contributed by atoms with Crippen LogP contribution in [-0.4, -0.2) is 23.0 Å². The van der Waals surface area contributed by atoms with Gasteiger partial charge in [-0.25, -0.2) is 4.98 Å². The van der Waals surface area contributed by atoms with Gasteiger partial charge in [-0.3, -0.25) is 4.79 Å². The van der Waals surface area contributed by atoms with Gasteiger partial charge in [0.2, 0.25) is 0 Å². The molecule has 0 aromatic carbocycles. The fraction of sp³-hybridized carbons (Fsp3) is 0.429. The number of rotatable bonds is 1. The Morgan fingerprint density at radius 1 is 1.73 bits per heavy atom. The summed E-state index contributed by atoms with van der Waals surface area (Å²) in [7, 11) is 1.38. The highest BCUT2D eigenvalue weighted by molar-refractivity contribution is 5.68. The summed E-state index contributed by atoms with van der Waals surface area (Å²) in [5, 5.41) is 0. The lowest BCUT2D eigenvalue weighted by Crippen LogP contribution is -1.94. The first-order chi connectivity index (χ1) is 5.31. The molecule has 1 rings (SSSR count). The Labute approximate surface area is 65.6 Å². The minimum Gasteiger partial charge on any atom is -0.469 e. The topological polar surface area (TPSA) is 55.0 Å². The van der Waals surface area contributed by atoms with Crippen molar-refractivity contribution in [2.75, 3.05) is 7.11 Å². The zero-order chi connectivity index (χ0) is 8.53. The standard InChI is InChI=1S/C4H8O2.C3H4N2/c1-3-4(5)6-2;1-2-5-3-4-1/h3H2,1-2H3;1-3H,(H,4,5). The Morgan fingerprint density at radius 2 is 2.45 bits per heavy atom. The number of esters is 1. The molecule has 62 valence electrons. The second-order valence-corrected chi connectivity index (χ2v) is 1.69. The van der Waals surface area contributed by atoms with Crippen molar-refractivity contribution in [1.82, 2.24) is 9.97 Å². The number of nitrogens with one attached hydrogen (secondary N) is 1. The van der Waals surface area contributed by atoms with E-state index in [-0.39, 0.29) is 5.97 Å². The minimum atomic E-state index is -0.157. The molecule has 0 amide bonds. The third kappa shape index (κ3) is 6.57. The Bertz CT molecular complexity index is 149. The third-order valence-electron chi connectivity index (χ3n) is 0.922. The highest BCUT2D eigenvalue weighted by Gasteiger charge is 1.87. The van der Waals surface area contributed by atoms with Crippen LogP contribution in [0.25, 0.3) is 0 Å². The molecular formula is C7H12N2O2. The summed E-state index contributed by atoms with van der Waals surface area (Å²) in [6.07, 6.45) is 5.55. The van der Waals surface area contributed by atoms with Crippen LogP contribution in [0.15, 0.2) is 18.7 Å². The van der Waals surface area contributed by atoms with Gasteiger partial charge < -0.3 is 9.72 Å². The summed E-state index contributed by atoms with van der Waals surface area (Å²) in [5.41, 5.74) is 0. The fourth-order valence-electron chi connectivity index (χ4n) is 0.360. The largest absolute Gasteiger partial charge is 0.469 e. The average molecular weight is 156 g/mol. The molecule has 0 fully saturated rings. The lowest BCUT2D eigenvalue weighted by molar-refractivity contribution is -0.140. The molecule has 1 heterocycles. The van der Waals surface area contributed by atoms with E-state index in [9.17, 15) is 4.79 Å². The molecule has 0 aliphatic carbocycles. The van der Waals surface area contributed by atoms with Crippen molar-refractivity contribution in [2.24, 2.45) is 0 Å². The van der Waals surface area contributed by atoms with Crippen molar-refractivity contribution in [3.63, 3.8) is 0 Å². The molecule has 0 aliphatic heterocycles. The van der Waals surface area contributed by atoms with Crippen LogP contribution in [-0.2, 0) is 9.53 Å². The summed E-state index contributed by atoms with van der Waals surface area (Å²) < 4.78 is 4.26. The van der Waals surface area contributed by atoms with Gasteiger partial charge in [0.25, 0.3) is 0 Å². The Morgan fingerprint density at radius 3 is 2.55 bits per heavy atom. The second kappa shape index (κ2) is 6.80. The van der Waals surface area contributed by atoms with Gasteiger partial charge in [-0.05, 0) is 0 Å². The maximum absolute atomic E-state index is 9.96. The van der Waals surface area contributed by atoms with Crippen LogP contribution in [0.1, 0.15) is 13.3 Å². The molecule has 0 unspecified atom stereocenters. The molecule has 4 heteroatoms. The molecule has 1 aromatic heterocycles. The Kier molecular flexibility index (Phi) is 5.98. The molecule has 0 spiro atoms. The highest BCUT2D eigenvalue weighted by Crippen LogP contribution is 1.76. The molecule has 0 atom stereocenters. The van der Waals surface area contributed by atoms with E-state index in [1.165, 1.54) is 7.11 Å². The van der Waals surface area contributed by atoms with Crippen molar-refractivity contribution in [2.45, 2.75) is 13.3 Å². The zero-order valence-electron chi connectivity index (χ0n) is 6.70. The van der Waals surface area contributed by atoms with Crippen LogP contribution in [0, 0.1) is 0 Å². The van der Waals surface area contributed by atoms with Gasteiger partial charge in [0, 0.05) is 18.8 Å².